The molecule has 0 bridgehead atoms. The SMILES string of the molecule is Fc1cc(-n2cncc2[C@@H]2CCCN2)ccc1Cl. The molecule has 0 aliphatic carbocycles. The normalized spacial score (nSPS) is 19.3. The second-order valence-corrected chi connectivity index (χ2v) is 4.84. The van der Waals surface area contributed by atoms with E-state index in [9.17, 15) is 4.39 Å². The van der Waals surface area contributed by atoms with E-state index >= 15 is 0 Å². The largest absolute Gasteiger partial charge is 0.309 e. The fourth-order valence-electron chi connectivity index (χ4n) is 2.35. The van der Waals surface area contributed by atoms with Gasteiger partial charge in [-0.2, -0.15) is 0 Å². The summed E-state index contributed by atoms with van der Waals surface area (Å²) in [5, 5.41) is 3.55. The Bertz CT molecular complexity index is 561. The molecule has 0 radical (unpaired) electrons. The van der Waals surface area contributed by atoms with Crippen molar-refractivity contribution in [2.45, 2.75) is 18.9 Å². The maximum Gasteiger partial charge on any atom is 0.143 e. The summed E-state index contributed by atoms with van der Waals surface area (Å²) < 4.78 is 15.4. The van der Waals surface area contributed by atoms with Crippen LogP contribution in [0.4, 0.5) is 4.39 Å². The minimum absolute atomic E-state index is 0.138. The number of aromatic nitrogens is 2. The lowest BCUT2D eigenvalue weighted by atomic mass is 10.1. The molecule has 1 aliphatic heterocycles. The maximum atomic E-state index is 13.5. The highest BCUT2D eigenvalue weighted by atomic mass is 35.5. The van der Waals surface area contributed by atoms with Gasteiger partial charge in [0.15, 0.2) is 0 Å². The molecule has 1 aromatic carbocycles. The Morgan fingerprint density at radius 1 is 1.44 bits per heavy atom. The van der Waals surface area contributed by atoms with Crippen LogP contribution >= 0.6 is 11.6 Å². The van der Waals surface area contributed by atoms with Gasteiger partial charge in [0.25, 0.3) is 0 Å². The number of nitrogens with one attached hydrogen (secondary N) is 1. The third kappa shape index (κ3) is 2.02. The second-order valence-electron chi connectivity index (χ2n) is 4.44. The predicted octanol–water partition coefficient (Wildman–Crippen LogP) is 3.09. The number of rotatable bonds is 2. The topological polar surface area (TPSA) is 29.9 Å². The number of halogens is 2. The van der Waals surface area contributed by atoms with E-state index in [1.54, 1.807) is 18.5 Å². The Labute approximate surface area is 110 Å². The van der Waals surface area contributed by atoms with Gasteiger partial charge in [0.1, 0.15) is 5.82 Å². The highest BCUT2D eigenvalue weighted by Crippen LogP contribution is 2.26. The van der Waals surface area contributed by atoms with E-state index < -0.39 is 5.82 Å². The number of hydrogen-bond acceptors (Lipinski definition) is 2. The van der Waals surface area contributed by atoms with Gasteiger partial charge in [-0.1, -0.05) is 11.6 Å². The fraction of sp³-hybridized carbons (Fsp3) is 0.308. The van der Waals surface area contributed by atoms with Crippen molar-refractivity contribution in [2.24, 2.45) is 0 Å². The number of nitrogens with zero attached hydrogens (tertiary/aromatic N) is 2. The highest BCUT2D eigenvalue weighted by molar-refractivity contribution is 6.30. The first-order valence-electron chi connectivity index (χ1n) is 5.97. The van der Waals surface area contributed by atoms with Crippen LogP contribution in [0.5, 0.6) is 0 Å². The fourth-order valence-corrected chi connectivity index (χ4v) is 2.47. The third-order valence-electron chi connectivity index (χ3n) is 3.27. The first-order valence-corrected chi connectivity index (χ1v) is 6.34. The summed E-state index contributed by atoms with van der Waals surface area (Å²) in [6.45, 7) is 1.02. The van der Waals surface area contributed by atoms with Crippen molar-refractivity contribution in [1.82, 2.24) is 14.9 Å². The summed E-state index contributed by atoms with van der Waals surface area (Å²) in [5.41, 5.74) is 1.81. The van der Waals surface area contributed by atoms with Crippen molar-refractivity contribution in [1.29, 1.82) is 0 Å². The summed E-state index contributed by atoms with van der Waals surface area (Å²) in [6, 6.07) is 5.10. The van der Waals surface area contributed by atoms with Crippen molar-refractivity contribution in [3.8, 4) is 5.69 Å². The Kier molecular flexibility index (Phi) is 3.06. The number of benzene rings is 1. The molecule has 0 saturated carbocycles. The zero-order chi connectivity index (χ0) is 12.5. The second kappa shape index (κ2) is 4.71. The van der Waals surface area contributed by atoms with E-state index in [0.29, 0.717) is 6.04 Å². The molecular weight excluding hydrogens is 253 g/mol. The first-order chi connectivity index (χ1) is 8.75. The molecule has 18 heavy (non-hydrogen) atoms. The quantitative estimate of drug-likeness (QED) is 0.904. The molecule has 0 unspecified atom stereocenters. The molecule has 1 atom stereocenters. The van der Waals surface area contributed by atoms with E-state index in [2.05, 4.69) is 10.3 Å². The van der Waals surface area contributed by atoms with E-state index in [-0.39, 0.29) is 5.02 Å². The molecule has 5 heteroatoms. The van der Waals surface area contributed by atoms with Gasteiger partial charge in [-0.05, 0) is 37.6 Å². The molecule has 94 valence electrons. The van der Waals surface area contributed by atoms with Crippen LogP contribution in [0.2, 0.25) is 5.02 Å². The Balaban J connectivity index is 2.00. The zero-order valence-corrected chi connectivity index (χ0v) is 10.5. The van der Waals surface area contributed by atoms with Crippen LogP contribution in [-0.2, 0) is 0 Å². The highest BCUT2D eigenvalue weighted by Gasteiger charge is 2.20. The van der Waals surface area contributed by atoms with Gasteiger partial charge in [0.05, 0.1) is 23.2 Å². The molecular formula is C13H13ClFN3. The molecule has 1 aliphatic rings. The van der Waals surface area contributed by atoms with Crippen LogP contribution < -0.4 is 5.32 Å². The molecule has 1 saturated heterocycles. The summed E-state index contributed by atoms with van der Waals surface area (Å²) in [7, 11) is 0. The smallest absolute Gasteiger partial charge is 0.143 e. The summed E-state index contributed by atoms with van der Waals surface area (Å²) in [6.07, 6.45) is 5.78. The van der Waals surface area contributed by atoms with Gasteiger partial charge in [0.2, 0.25) is 0 Å². The molecule has 0 amide bonds. The monoisotopic (exact) mass is 265 g/mol. The van der Waals surface area contributed by atoms with Crippen LogP contribution in [0.3, 0.4) is 0 Å². The standard InChI is InChI=1S/C13H13ClFN3/c14-10-4-3-9(6-11(10)15)18-8-16-7-13(18)12-2-1-5-17-12/h3-4,6-8,12,17H,1-2,5H2/t12-/m0/s1. The van der Waals surface area contributed by atoms with Gasteiger partial charge in [-0.25, -0.2) is 9.37 Å². The Hall–Kier alpha value is -1.39. The molecule has 1 N–H and O–H groups in total. The van der Waals surface area contributed by atoms with Gasteiger partial charge in [-0.15, -0.1) is 0 Å². The molecule has 2 aromatic rings. The van der Waals surface area contributed by atoms with Crippen molar-refractivity contribution < 1.29 is 4.39 Å². The molecule has 1 fully saturated rings. The van der Waals surface area contributed by atoms with Crippen LogP contribution in [0.15, 0.2) is 30.7 Å². The molecule has 3 rings (SSSR count). The maximum absolute atomic E-state index is 13.5. The van der Waals surface area contributed by atoms with Crippen molar-refractivity contribution in [3.05, 3.63) is 47.3 Å². The van der Waals surface area contributed by atoms with E-state index in [1.165, 1.54) is 6.07 Å². The zero-order valence-electron chi connectivity index (χ0n) is 9.74. The molecule has 0 spiro atoms. The average molecular weight is 266 g/mol. The van der Waals surface area contributed by atoms with E-state index in [4.69, 9.17) is 11.6 Å². The Morgan fingerprint density at radius 3 is 3.06 bits per heavy atom. The lowest BCUT2D eigenvalue weighted by Crippen LogP contribution is -2.16. The molecule has 3 nitrogen and oxygen atoms in total. The number of hydrogen-bond donors (Lipinski definition) is 1. The third-order valence-corrected chi connectivity index (χ3v) is 3.57. The minimum atomic E-state index is -0.409. The predicted molar refractivity (Wildman–Crippen MR) is 68.5 cm³/mol. The molecule has 1 aromatic heterocycles. The lowest BCUT2D eigenvalue weighted by molar-refractivity contribution is 0.609. The van der Waals surface area contributed by atoms with Crippen molar-refractivity contribution in [3.63, 3.8) is 0 Å². The summed E-state index contributed by atoms with van der Waals surface area (Å²) in [5.74, 6) is -0.409. The lowest BCUT2D eigenvalue weighted by Gasteiger charge is -2.14. The minimum Gasteiger partial charge on any atom is -0.309 e. The van der Waals surface area contributed by atoms with Gasteiger partial charge < -0.3 is 9.88 Å². The van der Waals surface area contributed by atoms with Gasteiger partial charge in [-0.3, -0.25) is 0 Å². The average Bonchev–Trinajstić information content (AvgIpc) is 3.00. The Morgan fingerprint density at radius 2 is 2.33 bits per heavy atom. The van der Waals surface area contributed by atoms with E-state index in [0.717, 1.165) is 30.8 Å². The van der Waals surface area contributed by atoms with Gasteiger partial charge in [0, 0.05) is 11.7 Å². The van der Waals surface area contributed by atoms with Crippen LogP contribution in [0, 0.1) is 5.82 Å². The van der Waals surface area contributed by atoms with Crippen molar-refractivity contribution in [2.75, 3.05) is 6.54 Å². The van der Waals surface area contributed by atoms with Crippen LogP contribution in [-0.4, -0.2) is 16.1 Å². The van der Waals surface area contributed by atoms with E-state index in [1.807, 2.05) is 10.8 Å². The van der Waals surface area contributed by atoms with Crippen LogP contribution in [0.25, 0.3) is 5.69 Å². The van der Waals surface area contributed by atoms with Crippen molar-refractivity contribution >= 4 is 11.6 Å². The van der Waals surface area contributed by atoms with Crippen LogP contribution in [0.1, 0.15) is 24.6 Å². The molecule has 2 heterocycles. The first kappa shape index (κ1) is 11.7. The van der Waals surface area contributed by atoms with Gasteiger partial charge >= 0.3 is 0 Å². The number of imidazole rings is 1. The summed E-state index contributed by atoms with van der Waals surface area (Å²) >= 11 is 5.70. The summed E-state index contributed by atoms with van der Waals surface area (Å²) in [4.78, 5) is 4.16.